The molecule has 0 saturated carbocycles. The molecule has 0 aromatic rings. The smallest absolute Gasteiger partial charge is 0.0723 e. The van der Waals surface area contributed by atoms with Crippen molar-refractivity contribution in [3.05, 3.63) is 19.1 Å². The average Bonchev–Trinajstić information content (AvgIpc) is 2.02. The number of hydrogen-bond acceptors (Lipinski definition) is 1. The Balaban J connectivity index is -0.000000449. The van der Waals surface area contributed by atoms with Gasteiger partial charge in [-0.15, -0.1) is 0 Å². The topological polar surface area (TPSA) is 20.2 Å². The number of hydrogen-bond donors (Lipinski definition) is 1. The fourth-order valence-electron chi connectivity index (χ4n) is 0.961. The second-order valence-electron chi connectivity index (χ2n) is 4.92. The minimum atomic E-state index is -0.274. The summed E-state index contributed by atoms with van der Waals surface area (Å²) in [7, 11) is 0. The normalized spacial score (nSPS) is 13.1. The molecule has 0 radical (unpaired) electrons. The van der Waals surface area contributed by atoms with E-state index in [9.17, 15) is 5.11 Å². The summed E-state index contributed by atoms with van der Waals surface area (Å²) >= 11 is 0. The summed E-state index contributed by atoms with van der Waals surface area (Å²) in [6.45, 7) is 15.6. The summed E-state index contributed by atoms with van der Waals surface area (Å²) in [4.78, 5) is 0. The molecule has 15 heavy (non-hydrogen) atoms. The first-order valence-corrected chi connectivity index (χ1v) is 5.39. The van der Waals surface area contributed by atoms with Crippen molar-refractivity contribution in [3.8, 4) is 0 Å². The Morgan fingerprint density at radius 3 is 1.87 bits per heavy atom. The Morgan fingerprint density at radius 2 is 1.60 bits per heavy atom. The molecular formula is C13H27OZn-. The first kappa shape index (κ1) is 20.7. The van der Waals surface area contributed by atoms with Crippen LogP contribution in [0.4, 0.5) is 0 Å². The molecule has 0 heterocycles. The van der Waals surface area contributed by atoms with Gasteiger partial charge in [-0.05, 0) is 17.8 Å². The fraction of sp³-hybridized carbons (Fsp3) is 0.769. The molecule has 1 N–H and O–H groups in total. The predicted octanol–water partition coefficient (Wildman–Crippen LogP) is 3.83. The quantitative estimate of drug-likeness (QED) is 0.467. The maximum absolute atomic E-state index is 9.50. The van der Waals surface area contributed by atoms with Gasteiger partial charge in [0, 0.05) is 19.5 Å². The van der Waals surface area contributed by atoms with Crippen LogP contribution in [0.5, 0.6) is 0 Å². The Bertz CT molecular complexity index is 145. The zero-order valence-electron chi connectivity index (χ0n) is 11.4. The monoisotopic (exact) mass is 263 g/mol. The molecule has 1 atom stereocenters. The number of allylic oxidation sites excluding steroid dienone is 1. The molecule has 0 amide bonds. The minimum Gasteiger partial charge on any atom is -0.389 e. The van der Waals surface area contributed by atoms with Crippen molar-refractivity contribution in [2.45, 2.75) is 54.1 Å². The standard InChI is InChI=1S/C11H22O.C2H5.Zn/c1-9(2)8-10(12)6-7-11(3,4)5;1-2;/h6-7,9-10,12H,8H2,1-5H3;1H2,2H3;/q;-1;/b7-6+;;/t10-;;/m0../s1. The van der Waals surface area contributed by atoms with Crippen LogP contribution < -0.4 is 0 Å². The van der Waals surface area contributed by atoms with Crippen molar-refractivity contribution in [3.63, 3.8) is 0 Å². The SMILES string of the molecule is CC(C)C[C@@H](O)/C=C/C(C)(C)C.[CH2-]C.[Zn]. The maximum Gasteiger partial charge on any atom is 0.0723 e. The number of aliphatic hydroxyl groups is 1. The maximum atomic E-state index is 9.50. The summed E-state index contributed by atoms with van der Waals surface area (Å²) in [5.74, 6) is 0.560. The molecule has 0 unspecified atom stereocenters. The van der Waals surface area contributed by atoms with Gasteiger partial charge in [-0.1, -0.05) is 46.8 Å². The summed E-state index contributed by atoms with van der Waals surface area (Å²) in [5.41, 5.74) is 0.179. The third-order valence-corrected chi connectivity index (χ3v) is 1.53. The Kier molecular flexibility index (Phi) is 14.9. The van der Waals surface area contributed by atoms with Crippen LogP contribution in [0.1, 0.15) is 48.0 Å². The van der Waals surface area contributed by atoms with Gasteiger partial charge in [-0.2, -0.15) is 6.92 Å². The van der Waals surface area contributed by atoms with Crippen molar-refractivity contribution >= 4 is 0 Å². The largest absolute Gasteiger partial charge is 0.389 e. The van der Waals surface area contributed by atoms with Crippen molar-refractivity contribution in [1.29, 1.82) is 0 Å². The van der Waals surface area contributed by atoms with E-state index in [1.165, 1.54) is 0 Å². The van der Waals surface area contributed by atoms with Crippen molar-refractivity contribution in [2.75, 3.05) is 0 Å². The third-order valence-electron chi connectivity index (χ3n) is 1.53. The van der Waals surface area contributed by atoms with Gasteiger partial charge in [0.2, 0.25) is 0 Å². The summed E-state index contributed by atoms with van der Waals surface area (Å²) in [6, 6.07) is 0. The molecular weight excluding hydrogens is 238 g/mol. The van der Waals surface area contributed by atoms with Crippen LogP contribution in [0.3, 0.4) is 0 Å². The molecule has 1 nitrogen and oxygen atoms in total. The first-order valence-electron chi connectivity index (χ1n) is 5.39. The molecule has 0 aliphatic heterocycles. The van der Waals surface area contributed by atoms with Gasteiger partial charge >= 0.3 is 0 Å². The molecule has 2 heteroatoms. The van der Waals surface area contributed by atoms with E-state index in [1.54, 1.807) is 6.92 Å². The molecule has 0 rings (SSSR count). The average molecular weight is 265 g/mol. The zero-order valence-corrected chi connectivity index (χ0v) is 14.3. The van der Waals surface area contributed by atoms with Crippen molar-refractivity contribution in [2.24, 2.45) is 11.3 Å². The second-order valence-corrected chi connectivity index (χ2v) is 4.92. The van der Waals surface area contributed by atoms with Crippen LogP contribution >= 0.6 is 0 Å². The predicted molar refractivity (Wildman–Crippen MR) is 65.1 cm³/mol. The van der Waals surface area contributed by atoms with Crippen molar-refractivity contribution < 1.29 is 24.6 Å². The number of rotatable bonds is 3. The third kappa shape index (κ3) is 20.4. The van der Waals surface area contributed by atoms with Crippen LogP contribution in [-0.2, 0) is 19.5 Å². The molecule has 0 aromatic heterocycles. The Labute approximate surface area is 109 Å². The van der Waals surface area contributed by atoms with Gasteiger partial charge < -0.3 is 12.0 Å². The van der Waals surface area contributed by atoms with E-state index in [4.69, 9.17) is 0 Å². The summed E-state index contributed by atoms with van der Waals surface area (Å²) < 4.78 is 0. The van der Waals surface area contributed by atoms with Gasteiger partial charge in [-0.25, -0.2) is 0 Å². The summed E-state index contributed by atoms with van der Waals surface area (Å²) in [6.07, 6.45) is 4.55. The van der Waals surface area contributed by atoms with E-state index in [1.807, 2.05) is 6.08 Å². The second kappa shape index (κ2) is 10.8. The van der Waals surface area contributed by atoms with Gasteiger partial charge in [-0.3, -0.25) is 0 Å². The van der Waals surface area contributed by atoms with E-state index < -0.39 is 0 Å². The number of aliphatic hydroxyl groups excluding tert-OH is 1. The molecule has 0 aliphatic rings. The molecule has 0 fully saturated rings. The zero-order chi connectivity index (χ0) is 11.8. The van der Waals surface area contributed by atoms with Gasteiger partial charge in [0.25, 0.3) is 0 Å². The summed E-state index contributed by atoms with van der Waals surface area (Å²) in [5, 5.41) is 9.50. The minimum absolute atomic E-state index is 0. The van der Waals surface area contributed by atoms with Gasteiger partial charge in [0.05, 0.1) is 6.10 Å². The van der Waals surface area contributed by atoms with E-state index in [0.717, 1.165) is 6.42 Å². The van der Waals surface area contributed by atoms with Crippen LogP contribution in [0.15, 0.2) is 12.2 Å². The van der Waals surface area contributed by atoms with Gasteiger partial charge in [0.15, 0.2) is 0 Å². The Hall–Kier alpha value is 0.323. The molecule has 0 bridgehead atoms. The molecule has 0 saturated heterocycles. The van der Waals surface area contributed by atoms with Crippen molar-refractivity contribution in [1.82, 2.24) is 0 Å². The van der Waals surface area contributed by atoms with E-state index in [-0.39, 0.29) is 31.0 Å². The molecule has 0 spiro atoms. The molecule has 0 aliphatic carbocycles. The van der Waals surface area contributed by atoms with E-state index >= 15 is 0 Å². The van der Waals surface area contributed by atoms with Crippen LogP contribution in [0.2, 0.25) is 0 Å². The molecule has 88 valence electrons. The van der Waals surface area contributed by atoms with E-state index in [2.05, 4.69) is 47.6 Å². The van der Waals surface area contributed by atoms with E-state index in [0.29, 0.717) is 5.92 Å². The van der Waals surface area contributed by atoms with Crippen LogP contribution in [0.25, 0.3) is 0 Å². The van der Waals surface area contributed by atoms with Gasteiger partial charge in [0.1, 0.15) is 0 Å². The molecule has 0 aromatic carbocycles. The first-order chi connectivity index (χ1) is 6.31. The van der Waals surface area contributed by atoms with Crippen LogP contribution in [-0.4, -0.2) is 11.2 Å². The fourth-order valence-corrected chi connectivity index (χ4v) is 0.961. The Morgan fingerprint density at radius 1 is 1.20 bits per heavy atom. The van der Waals surface area contributed by atoms with Crippen LogP contribution in [0, 0.1) is 18.3 Å².